The molecule has 1 aliphatic heterocycles. The van der Waals surface area contributed by atoms with E-state index in [2.05, 4.69) is 0 Å². The van der Waals surface area contributed by atoms with Gasteiger partial charge in [0.25, 0.3) is 5.91 Å². The predicted molar refractivity (Wildman–Crippen MR) is 90.1 cm³/mol. The summed E-state index contributed by atoms with van der Waals surface area (Å²) in [5.74, 6) is -3.27. The lowest BCUT2D eigenvalue weighted by Crippen LogP contribution is -2.32. The van der Waals surface area contributed by atoms with Gasteiger partial charge in [-0.05, 0) is 42.3 Å². The standard InChI is InChI=1S/C18H14ClF2NO4/c19-12-4-5-15-10(7-12)6-11(8-25-15)18(24)26-9-16(23)22-17-13(20)2-1-3-14(17)21/h1-5,7,11H,6,8-9H2,(H,22,23)/t11-/m1/s1. The van der Waals surface area contributed by atoms with Gasteiger partial charge in [-0.1, -0.05) is 17.7 Å². The molecule has 1 atom stereocenters. The maximum atomic E-state index is 13.5. The van der Waals surface area contributed by atoms with Gasteiger partial charge >= 0.3 is 5.97 Å². The fraction of sp³-hybridized carbons (Fsp3) is 0.222. The van der Waals surface area contributed by atoms with Gasteiger partial charge in [0.2, 0.25) is 0 Å². The number of benzene rings is 2. The van der Waals surface area contributed by atoms with Crippen LogP contribution >= 0.6 is 11.6 Å². The Morgan fingerprint density at radius 1 is 1.23 bits per heavy atom. The number of anilines is 1. The molecule has 1 amide bonds. The molecule has 0 unspecified atom stereocenters. The van der Waals surface area contributed by atoms with Crippen LogP contribution in [0.1, 0.15) is 5.56 Å². The Kier molecular flexibility index (Phi) is 5.37. The van der Waals surface area contributed by atoms with Crippen LogP contribution in [0.25, 0.3) is 0 Å². The molecule has 5 nitrogen and oxygen atoms in total. The zero-order valence-electron chi connectivity index (χ0n) is 13.4. The molecule has 26 heavy (non-hydrogen) atoms. The highest BCUT2D eigenvalue weighted by molar-refractivity contribution is 6.30. The normalized spacial score (nSPS) is 15.6. The number of nitrogens with one attached hydrogen (secondary N) is 1. The highest BCUT2D eigenvalue weighted by Crippen LogP contribution is 2.30. The van der Waals surface area contributed by atoms with Crippen molar-refractivity contribution in [2.75, 3.05) is 18.5 Å². The van der Waals surface area contributed by atoms with Crippen LogP contribution < -0.4 is 10.1 Å². The topological polar surface area (TPSA) is 64.6 Å². The van der Waals surface area contributed by atoms with E-state index in [9.17, 15) is 18.4 Å². The molecule has 2 aromatic rings. The minimum Gasteiger partial charge on any atom is -0.492 e. The van der Waals surface area contributed by atoms with Crippen LogP contribution in [0.4, 0.5) is 14.5 Å². The second kappa shape index (κ2) is 7.70. The monoisotopic (exact) mass is 381 g/mol. The fourth-order valence-corrected chi connectivity index (χ4v) is 2.76. The van der Waals surface area contributed by atoms with Crippen LogP contribution in [-0.4, -0.2) is 25.1 Å². The molecule has 2 aromatic carbocycles. The van der Waals surface area contributed by atoms with E-state index in [1.165, 1.54) is 6.07 Å². The summed E-state index contributed by atoms with van der Waals surface area (Å²) in [4.78, 5) is 23.9. The molecule has 136 valence electrons. The largest absolute Gasteiger partial charge is 0.492 e. The summed E-state index contributed by atoms with van der Waals surface area (Å²) in [6, 6.07) is 8.29. The van der Waals surface area contributed by atoms with Gasteiger partial charge in [0.1, 0.15) is 29.7 Å². The molecule has 1 heterocycles. The number of halogens is 3. The van der Waals surface area contributed by atoms with E-state index in [-0.39, 0.29) is 6.61 Å². The molecule has 0 saturated carbocycles. The van der Waals surface area contributed by atoms with E-state index in [0.717, 1.165) is 17.7 Å². The van der Waals surface area contributed by atoms with E-state index in [4.69, 9.17) is 21.1 Å². The van der Waals surface area contributed by atoms with E-state index < -0.39 is 41.7 Å². The van der Waals surface area contributed by atoms with Gasteiger partial charge in [-0.3, -0.25) is 9.59 Å². The zero-order valence-corrected chi connectivity index (χ0v) is 14.2. The third-order valence-corrected chi connectivity index (χ3v) is 4.07. The molecule has 0 spiro atoms. The molecule has 0 aromatic heterocycles. The van der Waals surface area contributed by atoms with E-state index in [1.54, 1.807) is 18.2 Å². The molecule has 1 N–H and O–H groups in total. The summed E-state index contributed by atoms with van der Waals surface area (Å²) in [6.07, 6.45) is 0.359. The summed E-state index contributed by atoms with van der Waals surface area (Å²) in [5.41, 5.74) is 0.182. The Morgan fingerprint density at radius 3 is 2.69 bits per heavy atom. The molecule has 8 heteroatoms. The van der Waals surface area contributed by atoms with Gasteiger partial charge in [0.15, 0.2) is 6.61 Å². The average Bonchev–Trinajstić information content (AvgIpc) is 2.62. The molecule has 0 fully saturated rings. The number of esters is 1. The summed E-state index contributed by atoms with van der Waals surface area (Å²) in [5, 5.41) is 2.57. The summed E-state index contributed by atoms with van der Waals surface area (Å²) in [7, 11) is 0. The van der Waals surface area contributed by atoms with Crippen molar-refractivity contribution >= 4 is 29.2 Å². The number of fused-ring (bicyclic) bond motifs is 1. The van der Waals surface area contributed by atoms with Gasteiger partial charge in [0, 0.05) is 5.02 Å². The summed E-state index contributed by atoms with van der Waals surface area (Å²) < 4.78 is 37.4. The van der Waals surface area contributed by atoms with Gasteiger partial charge in [0.05, 0.1) is 5.92 Å². The van der Waals surface area contributed by atoms with Crippen molar-refractivity contribution in [2.45, 2.75) is 6.42 Å². The first-order valence-electron chi connectivity index (χ1n) is 7.76. The third-order valence-electron chi connectivity index (χ3n) is 3.83. The Labute approximate surface area is 152 Å². The number of para-hydroxylation sites is 1. The smallest absolute Gasteiger partial charge is 0.313 e. The Balaban J connectivity index is 1.55. The zero-order chi connectivity index (χ0) is 18.7. The molecular formula is C18H14ClF2NO4. The van der Waals surface area contributed by atoms with Crippen molar-refractivity contribution in [1.29, 1.82) is 0 Å². The van der Waals surface area contributed by atoms with Crippen LogP contribution in [0.5, 0.6) is 5.75 Å². The van der Waals surface area contributed by atoms with Gasteiger partial charge in [-0.2, -0.15) is 0 Å². The molecular weight excluding hydrogens is 368 g/mol. The minimum absolute atomic E-state index is 0.108. The number of ether oxygens (including phenoxy) is 2. The molecule has 0 saturated heterocycles. The first kappa shape index (κ1) is 18.1. The van der Waals surface area contributed by atoms with Crippen LogP contribution in [0, 0.1) is 17.6 Å². The highest BCUT2D eigenvalue weighted by Gasteiger charge is 2.28. The van der Waals surface area contributed by atoms with Gasteiger partial charge < -0.3 is 14.8 Å². The van der Waals surface area contributed by atoms with Crippen LogP contribution in [0.3, 0.4) is 0 Å². The lowest BCUT2D eigenvalue weighted by molar-refractivity contribution is -0.152. The second-order valence-corrected chi connectivity index (χ2v) is 6.15. The predicted octanol–water partition coefficient (Wildman–Crippen LogP) is 3.35. The highest BCUT2D eigenvalue weighted by atomic mass is 35.5. The Hall–Kier alpha value is -2.67. The van der Waals surface area contributed by atoms with Crippen LogP contribution in [-0.2, 0) is 20.7 Å². The number of hydrogen-bond donors (Lipinski definition) is 1. The summed E-state index contributed by atoms with van der Waals surface area (Å²) >= 11 is 5.92. The van der Waals surface area contributed by atoms with E-state index >= 15 is 0 Å². The lowest BCUT2D eigenvalue weighted by atomic mass is 9.97. The molecule has 0 aliphatic carbocycles. The van der Waals surface area contributed by atoms with Crippen molar-refractivity contribution in [3.63, 3.8) is 0 Å². The SMILES string of the molecule is O=C(COC(=O)[C@H]1COc2ccc(Cl)cc2C1)Nc1c(F)cccc1F. The lowest BCUT2D eigenvalue weighted by Gasteiger charge is -2.24. The molecule has 0 bridgehead atoms. The number of rotatable bonds is 4. The van der Waals surface area contributed by atoms with E-state index in [1.807, 2.05) is 5.32 Å². The maximum absolute atomic E-state index is 13.5. The maximum Gasteiger partial charge on any atom is 0.313 e. The van der Waals surface area contributed by atoms with E-state index in [0.29, 0.717) is 17.2 Å². The van der Waals surface area contributed by atoms with Crippen molar-refractivity contribution in [1.82, 2.24) is 0 Å². The minimum atomic E-state index is -0.918. The van der Waals surface area contributed by atoms with Gasteiger partial charge in [-0.25, -0.2) is 8.78 Å². The number of carbonyl (C=O) groups is 2. The second-order valence-electron chi connectivity index (χ2n) is 5.72. The third kappa shape index (κ3) is 4.11. The first-order chi connectivity index (χ1) is 12.4. The van der Waals surface area contributed by atoms with Crippen molar-refractivity contribution in [2.24, 2.45) is 5.92 Å². The van der Waals surface area contributed by atoms with Gasteiger partial charge in [-0.15, -0.1) is 0 Å². The first-order valence-corrected chi connectivity index (χ1v) is 8.13. The van der Waals surface area contributed by atoms with Crippen LogP contribution in [0.2, 0.25) is 5.02 Å². The quantitative estimate of drug-likeness (QED) is 0.825. The average molecular weight is 382 g/mol. The Morgan fingerprint density at radius 2 is 1.96 bits per heavy atom. The van der Waals surface area contributed by atoms with Crippen molar-refractivity contribution in [3.05, 3.63) is 58.6 Å². The number of amides is 1. The van der Waals surface area contributed by atoms with Crippen LogP contribution in [0.15, 0.2) is 36.4 Å². The van der Waals surface area contributed by atoms with Crippen molar-refractivity contribution < 1.29 is 27.8 Å². The Bertz CT molecular complexity index is 839. The molecule has 0 radical (unpaired) electrons. The molecule has 1 aliphatic rings. The van der Waals surface area contributed by atoms with Crippen molar-refractivity contribution in [3.8, 4) is 5.75 Å². The summed E-state index contributed by atoms with van der Waals surface area (Å²) in [6.45, 7) is -0.553. The molecule has 3 rings (SSSR count). The fourth-order valence-electron chi connectivity index (χ4n) is 2.56. The number of carbonyl (C=O) groups excluding carboxylic acids is 2. The number of hydrogen-bond acceptors (Lipinski definition) is 4.